The van der Waals surface area contributed by atoms with Crippen LogP contribution >= 0.6 is 0 Å². The minimum Gasteiger partial charge on any atom is -0.870 e. The van der Waals surface area contributed by atoms with Gasteiger partial charge < -0.3 is 9.96 Å². The quantitative estimate of drug-likeness (QED) is 0.319. The lowest BCUT2D eigenvalue weighted by Gasteiger charge is -2.29. The van der Waals surface area contributed by atoms with Crippen LogP contribution in [-0.4, -0.2) is 56.7 Å². The van der Waals surface area contributed by atoms with E-state index in [1.54, 1.807) is 0 Å². The van der Waals surface area contributed by atoms with Crippen LogP contribution in [0.1, 0.15) is 58.3 Å². The van der Waals surface area contributed by atoms with E-state index in [0.29, 0.717) is 6.42 Å². The third kappa shape index (κ3) is 17.7. The predicted molar refractivity (Wildman–Crippen MR) is 83.9 cm³/mol. The van der Waals surface area contributed by atoms with E-state index in [1.165, 1.54) is 44.9 Å². The highest BCUT2D eigenvalue weighted by Gasteiger charge is 2.14. The monoisotopic (exact) mass is 327 g/mol. The summed E-state index contributed by atoms with van der Waals surface area (Å²) < 4.78 is 34.4. The van der Waals surface area contributed by atoms with Crippen molar-refractivity contribution in [3.8, 4) is 0 Å². The molecule has 7 heteroatoms. The van der Waals surface area contributed by atoms with Gasteiger partial charge in [0.25, 0.3) is 0 Å². The Hall–Kier alpha value is -0.210. The SMILES string of the molecule is CCCCCCCCC[N+](C)(C)CCCOS(=O)(=O)O.[OH-]. The normalized spacial score (nSPS) is 12.2. The van der Waals surface area contributed by atoms with Gasteiger partial charge in [-0.15, -0.1) is 0 Å². The molecule has 21 heavy (non-hydrogen) atoms. The smallest absolute Gasteiger partial charge is 0.397 e. The van der Waals surface area contributed by atoms with Gasteiger partial charge in [0, 0.05) is 6.42 Å². The standard InChI is InChI=1S/C14H31NO4S.H2O/c1-4-5-6-7-8-9-10-12-15(2,3)13-11-14-19-20(16,17)18;/h4-14H2,1-3H3;1H2. The first-order valence-electron chi connectivity index (χ1n) is 7.71. The molecule has 0 aromatic carbocycles. The Morgan fingerprint density at radius 3 is 1.90 bits per heavy atom. The van der Waals surface area contributed by atoms with Crippen molar-refractivity contribution in [3.05, 3.63) is 0 Å². The van der Waals surface area contributed by atoms with Crippen LogP contribution in [-0.2, 0) is 14.6 Å². The first-order chi connectivity index (χ1) is 9.27. The van der Waals surface area contributed by atoms with E-state index in [2.05, 4.69) is 25.2 Å². The lowest BCUT2D eigenvalue weighted by molar-refractivity contribution is -0.890. The summed E-state index contributed by atoms with van der Waals surface area (Å²) in [5.41, 5.74) is 0. The molecule has 0 unspecified atom stereocenters. The van der Waals surface area contributed by atoms with Gasteiger partial charge in [-0.25, -0.2) is 4.18 Å². The van der Waals surface area contributed by atoms with Crippen LogP contribution in [0, 0.1) is 0 Å². The molecule has 0 aromatic rings. The van der Waals surface area contributed by atoms with Crippen molar-refractivity contribution in [3.63, 3.8) is 0 Å². The molecule has 0 heterocycles. The van der Waals surface area contributed by atoms with Gasteiger partial charge in [-0.2, -0.15) is 8.42 Å². The van der Waals surface area contributed by atoms with Gasteiger partial charge in [0.1, 0.15) is 0 Å². The Bertz CT molecular complexity index is 330. The number of rotatable bonds is 13. The molecule has 2 N–H and O–H groups in total. The molecule has 0 fully saturated rings. The minimum atomic E-state index is -4.28. The molecule has 0 rings (SSSR count). The topological polar surface area (TPSA) is 93.6 Å². The summed E-state index contributed by atoms with van der Waals surface area (Å²) in [6, 6.07) is 0. The van der Waals surface area contributed by atoms with Crippen LogP contribution in [0.25, 0.3) is 0 Å². The maximum Gasteiger partial charge on any atom is 0.397 e. The van der Waals surface area contributed by atoms with Crippen molar-refractivity contribution >= 4 is 10.4 Å². The molecule has 130 valence electrons. The van der Waals surface area contributed by atoms with Crippen LogP contribution < -0.4 is 0 Å². The molecule has 6 nitrogen and oxygen atoms in total. The fourth-order valence-electron chi connectivity index (χ4n) is 2.27. The van der Waals surface area contributed by atoms with Crippen molar-refractivity contribution in [2.75, 3.05) is 33.8 Å². The number of quaternary nitrogens is 1. The number of unbranched alkanes of at least 4 members (excludes halogenated alkanes) is 6. The summed E-state index contributed by atoms with van der Waals surface area (Å²) in [5, 5.41) is 0. The maximum atomic E-state index is 10.4. The summed E-state index contributed by atoms with van der Waals surface area (Å²) >= 11 is 0. The van der Waals surface area contributed by atoms with Gasteiger partial charge in [-0.3, -0.25) is 4.55 Å². The van der Waals surface area contributed by atoms with Gasteiger partial charge in [0.2, 0.25) is 0 Å². The predicted octanol–water partition coefficient (Wildman–Crippen LogP) is 2.85. The second-order valence-electron chi connectivity index (χ2n) is 6.11. The van der Waals surface area contributed by atoms with Crippen LogP contribution in [0.4, 0.5) is 0 Å². The third-order valence-corrected chi connectivity index (χ3v) is 3.97. The molecule has 0 saturated heterocycles. The molecule has 0 saturated carbocycles. The molecular weight excluding hydrogens is 294 g/mol. The van der Waals surface area contributed by atoms with Gasteiger partial charge >= 0.3 is 10.4 Å². The minimum absolute atomic E-state index is 0. The van der Waals surface area contributed by atoms with Gasteiger partial charge in [-0.1, -0.05) is 39.0 Å². The molecule has 0 aromatic heterocycles. The van der Waals surface area contributed by atoms with Gasteiger partial charge in [0.05, 0.1) is 33.8 Å². The zero-order chi connectivity index (χ0) is 15.5. The highest BCUT2D eigenvalue weighted by atomic mass is 32.3. The van der Waals surface area contributed by atoms with Crippen molar-refractivity contribution < 1.29 is 27.1 Å². The first kappa shape index (κ1) is 23.1. The second kappa shape index (κ2) is 12.3. The largest absolute Gasteiger partial charge is 0.870 e. The molecule has 0 aliphatic rings. The van der Waals surface area contributed by atoms with Crippen LogP contribution in [0.5, 0.6) is 0 Å². The Kier molecular flexibility index (Phi) is 13.6. The Morgan fingerprint density at radius 2 is 1.38 bits per heavy atom. The molecule has 0 atom stereocenters. The first-order valence-corrected chi connectivity index (χ1v) is 9.07. The third-order valence-electron chi connectivity index (χ3n) is 3.51. The van der Waals surface area contributed by atoms with Gasteiger partial charge in [-0.05, 0) is 12.8 Å². The second-order valence-corrected chi connectivity index (χ2v) is 7.20. The van der Waals surface area contributed by atoms with E-state index in [0.717, 1.165) is 17.6 Å². The van der Waals surface area contributed by atoms with Gasteiger partial charge in [0.15, 0.2) is 0 Å². The number of hydrogen-bond donors (Lipinski definition) is 1. The van der Waals surface area contributed by atoms with Crippen LogP contribution in [0.2, 0.25) is 0 Å². The summed E-state index contributed by atoms with van der Waals surface area (Å²) in [5.74, 6) is 0. The fourth-order valence-corrected chi connectivity index (χ4v) is 2.59. The Balaban J connectivity index is 0. The highest BCUT2D eigenvalue weighted by Crippen LogP contribution is 2.09. The van der Waals surface area contributed by atoms with Crippen molar-refractivity contribution in [1.29, 1.82) is 0 Å². The van der Waals surface area contributed by atoms with E-state index in [4.69, 9.17) is 4.55 Å². The van der Waals surface area contributed by atoms with E-state index in [9.17, 15) is 8.42 Å². The van der Waals surface area contributed by atoms with Crippen molar-refractivity contribution in [1.82, 2.24) is 0 Å². The molecule has 0 aliphatic heterocycles. The maximum absolute atomic E-state index is 10.4. The van der Waals surface area contributed by atoms with Crippen molar-refractivity contribution in [2.24, 2.45) is 0 Å². The zero-order valence-electron chi connectivity index (χ0n) is 13.8. The van der Waals surface area contributed by atoms with E-state index < -0.39 is 10.4 Å². The molecule has 0 aliphatic carbocycles. The summed E-state index contributed by atoms with van der Waals surface area (Å²) in [6.45, 7) is 4.23. The fraction of sp³-hybridized carbons (Fsp3) is 1.00. The highest BCUT2D eigenvalue weighted by molar-refractivity contribution is 7.80. The van der Waals surface area contributed by atoms with Crippen LogP contribution in [0.3, 0.4) is 0 Å². The molecular formula is C14H33NO5S. The zero-order valence-corrected chi connectivity index (χ0v) is 14.6. The van der Waals surface area contributed by atoms with Crippen molar-refractivity contribution in [2.45, 2.75) is 58.3 Å². The number of hydrogen-bond acceptors (Lipinski definition) is 4. The van der Waals surface area contributed by atoms with E-state index in [1.807, 2.05) is 0 Å². The molecule has 0 spiro atoms. The Morgan fingerprint density at radius 1 is 0.905 bits per heavy atom. The molecule has 0 amide bonds. The molecule has 0 bridgehead atoms. The summed E-state index contributed by atoms with van der Waals surface area (Å²) in [4.78, 5) is 0. The van der Waals surface area contributed by atoms with Crippen LogP contribution in [0.15, 0.2) is 0 Å². The molecule has 0 radical (unpaired) electrons. The average Bonchev–Trinajstić information content (AvgIpc) is 2.32. The lowest BCUT2D eigenvalue weighted by atomic mass is 10.1. The Labute approximate surface area is 130 Å². The lowest BCUT2D eigenvalue weighted by Crippen LogP contribution is -2.41. The van der Waals surface area contributed by atoms with E-state index >= 15 is 0 Å². The summed E-state index contributed by atoms with van der Waals surface area (Å²) in [6.07, 6.45) is 9.73. The average molecular weight is 327 g/mol. The summed E-state index contributed by atoms with van der Waals surface area (Å²) in [7, 11) is 0.00590. The number of nitrogens with zero attached hydrogens (tertiary/aromatic N) is 1. The van der Waals surface area contributed by atoms with E-state index in [-0.39, 0.29) is 12.1 Å².